The second-order valence-corrected chi connectivity index (χ2v) is 7.14. The van der Waals surface area contributed by atoms with E-state index in [9.17, 15) is 8.42 Å². The molecule has 1 saturated carbocycles. The van der Waals surface area contributed by atoms with E-state index in [0.717, 1.165) is 31.2 Å². The molecule has 2 rings (SSSR count). The van der Waals surface area contributed by atoms with E-state index < -0.39 is 10.0 Å². The molecule has 1 aromatic carbocycles. The molecular weight excluding hydrogens is 286 g/mol. The van der Waals surface area contributed by atoms with E-state index >= 15 is 0 Å². The highest BCUT2D eigenvalue weighted by atomic mass is 35.5. The molecule has 1 fully saturated rings. The number of nitrogens with two attached hydrogens (primary N) is 1. The van der Waals surface area contributed by atoms with Crippen LogP contribution in [0.1, 0.15) is 19.3 Å². The summed E-state index contributed by atoms with van der Waals surface area (Å²) < 4.78 is 24.8. The minimum absolute atomic E-state index is 0.230. The van der Waals surface area contributed by atoms with Crippen LogP contribution in [0.4, 0.5) is 11.4 Å². The molecule has 19 heavy (non-hydrogen) atoms. The molecule has 0 heterocycles. The van der Waals surface area contributed by atoms with Crippen molar-refractivity contribution in [3.05, 3.63) is 23.2 Å². The average molecular weight is 304 g/mol. The van der Waals surface area contributed by atoms with Crippen molar-refractivity contribution in [2.45, 2.75) is 31.3 Å². The number of benzene rings is 1. The lowest BCUT2D eigenvalue weighted by molar-refractivity contribution is 0.607. The van der Waals surface area contributed by atoms with E-state index in [-0.39, 0.29) is 6.04 Å². The first kappa shape index (κ1) is 14.4. The molecule has 1 aliphatic rings. The third kappa shape index (κ3) is 4.26. The summed E-state index contributed by atoms with van der Waals surface area (Å²) in [5, 5.41) is 3.89. The van der Waals surface area contributed by atoms with Crippen LogP contribution in [-0.2, 0) is 10.0 Å². The van der Waals surface area contributed by atoms with Crippen LogP contribution in [0.25, 0.3) is 0 Å². The Hall–Kier alpha value is -0.980. The van der Waals surface area contributed by atoms with Gasteiger partial charge in [-0.1, -0.05) is 11.6 Å². The van der Waals surface area contributed by atoms with Gasteiger partial charge in [-0.3, -0.25) is 4.72 Å². The molecule has 1 aromatic rings. The van der Waals surface area contributed by atoms with Gasteiger partial charge in [0.1, 0.15) is 0 Å². The Balaban J connectivity index is 2.13. The summed E-state index contributed by atoms with van der Waals surface area (Å²) >= 11 is 6.11. The number of anilines is 2. The SMILES string of the molecule is CS(=O)(=O)Nc1ccc(Cl)c(NC2CCC(N)C2)c1. The summed E-state index contributed by atoms with van der Waals surface area (Å²) in [5.74, 6) is 0. The van der Waals surface area contributed by atoms with Crippen molar-refractivity contribution in [1.82, 2.24) is 0 Å². The molecule has 2 unspecified atom stereocenters. The molecule has 0 aromatic heterocycles. The van der Waals surface area contributed by atoms with E-state index in [1.807, 2.05) is 0 Å². The zero-order valence-corrected chi connectivity index (χ0v) is 12.3. The van der Waals surface area contributed by atoms with E-state index in [0.29, 0.717) is 16.8 Å². The lowest BCUT2D eigenvalue weighted by atomic mass is 10.2. The monoisotopic (exact) mass is 303 g/mol. The summed E-state index contributed by atoms with van der Waals surface area (Å²) in [6.45, 7) is 0. The van der Waals surface area contributed by atoms with Crippen molar-refractivity contribution in [3.63, 3.8) is 0 Å². The summed E-state index contributed by atoms with van der Waals surface area (Å²) in [5.41, 5.74) is 7.09. The third-order valence-electron chi connectivity index (χ3n) is 3.10. The average Bonchev–Trinajstić information content (AvgIpc) is 2.67. The summed E-state index contributed by atoms with van der Waals surface area (Å²) in [7, 11) is -3.28. The molecule has 0 amide bonds. The van der Waals surface area contributed by atoms with E-state index in [2.05, 4.69) is 10.0 Å². The Morgan fingerprint density at radius 1 is 1.37 bits per heavy atom. The molecule has 0 aliphatic heterocycles. The first-order valence-corrected chi connectivity index (χ1v) is 8.40. The van der Waals surface area contributed by atoms with Gasteiger partial charge in [0.05, 0.1) is 22.7 Å². The van der Waals surface area contributed by atoms with Crippen LogP contribution in [0.5, 0.6) is 0 Å². The molecular formula is C12H18ClN3O2S. The van der Waals surface area contributed by atoms with Crippen molar-refractivity contribution >= 4 is 33.0 Å². The van der Waals surface area contributed by atoms with Crippen LogP contribution >= 0.6 is 11.6 Å². The van der Waals surface area contributed by atoms with Crippen LogP contribution in [-0.4, -0.2) is 26.8 Å². The van der Waals surface area contributed by atoms with Gasteiger partial charge in [0.15, 0.2) is 0 Å². The molecule has 1 aliphatic carbocycles. The number of rotatable bonds is 4. The fourth-order valence-electron chi connectivity index (χ4n) is 2.28. The molecule has 0 radical (unpaired) electrons. The first-order valence-electron chi connectivity index (χ1n) is 6.13. The van der Waals surface area contributed by atoms with E-state index in [1.54, 1.807) is 18.2 Å². The number of hydrogen-bond donors (Lipinski definition) is 3. The Morgan fingerprint density at radius 3 is 2.68 bits per heavy atom. The molecule has 0 bridgehead atoms. The Kier molecular flexibility index (Phi) is 4.23. The lowest BCUT2D eigenvalue weighted by Crippen LogP contribution is -2.21. The second-order valence-electron chi connectivity index (χ2n) is 4.98. The fourth-order valence-corrected chi connectivity index (χ4v) is 3.01. The van der Waals surface area contributed by atoms with Gasteiger partial charge in [-0.25, -0.2) is 8.42 Å². The maximum Gasteiger partial charge on any atom is 0.229 e. The molecule has 5 nitrogen and oxygen atoms in total. The highest BCUT2D eigenvalue weighted by Crippen LogP contribution is 2.29. The van der Waals surface area contributed by atoms with Crippen molar-refractivity contribution in [2.75, 3.05) is 16.3 Å². The van der Waals surface area contributed by atoms with Crippen LogP contribution in [0.3, 0.4) is 0 Å². The molecule has 0 saturated heterocycles. The maximum absolute atomic E-state index is 11.2. The molecule has 2 atom stereocenters. The zero-order chi connectivity index (χ0) is 14.0. The molecule has 0 spiro atoms. The lowest BCUT2D eigenvalue weighted by Gasteiger charge is -2.16. The molecule has 4 N–H and O–H groups in total. The van der Waals surface area contributed by atoms with Crippen molar-refractivity contribution < 1.29 is 8.42 Å². The van der Waals surface area contributed by atoms with Gasteiger partial charge in [-0.15, -0.1) is 0 Å². The fraction of sp³-hybridized carbons (Fsp3) is 0.500. The smallest absolute Gasteiger partial charge is 0.229 e. The van der Waals surface area contributed by atoms with Gasteiger partial charge in [0.25, 0.3) is 0 Å². The number of nitrogens with one attached hydrogen (secondary N) is 2. The highest BCUT2D eigenvalue weighted by Gasteiger charge is 2.22. The predicted octanol–water partition coefficient (Wildman–Crippen LogP) is 2.00. The number of halogens is 1. The number of hydrogen-bond acceptors (Lipinski definition) is 4. The van der Waals surface area contributed by atoms with Crippen LogP contribution in [0.15, 0.2) is 18.2 Å². The Morgan fingerprint density at radius 2 is 2.11 bits per heavy atom. The highest BCUT2D eigenvalue weighted by molar-refractivity contribution is 7.92. The second kappa shape index (κ2) is 5.56. The predicted molar refractivity (Wildman–Crippen MR) is 79.2 cm³/mol. The quantitative estimate of drug-likeness (QED) is 0.794. The van der Waals surface area contributed by atoms with Crippen LogP contribution in [0, 0.1) is 0 Å². The summed E-state index contributed by atoms with van der Waals surface area (Å²) in [6, 6.07) is 5.53. The van der Waals surface area contributed by atoms with Crippen molar-refractivity contribution in [2.24, 2.45) is 5.73 Å². The van der Waals surface area contributed by atoms with Crippen molar-refractivity contribution in [3.8, 4) is 0 Å². The Labute approximate surface area is 118 Å². The van der Waals surface area contributed by atoms with Crippen LogP contribution < -0.4 is 15.8 Å². The van der Waals surface area contributed by atoms with Crippen molar-refractivity contribution in [1.29, 1.82) is 0 Å². The standard InChI is InChI=1S/C12H18ClN3O2S/c1-19(17,18)16-10-4-5-11(13)12(7-10)15-9-3-2-8(14)6-9/h4-5,7-9,15-16H,2-3,6,14H2,1H3. The zero-order valence-electron chi connectivity index (χ0n) is 10.7. The van der Waals surface area contributed by atoms with Gasteiger partial charge in [-0.05, 0) is 37.5 Å². The van der Waals surface area contributed by atoms with Gasteiger partial charge < -0.3 is 11.1 Å². The molecule has 106 valence electrons. The minimum Gasteiger partial charge on any atom is -0.381 e. The maximum atomic E-state index is 11.2. The summed E-state index contributed by atoms with van der Waals surface area (Å²) in [6.07, 6.45) is 4.02. The number of sulfonamides is 1. The third-order valence-corrected chi connectivity index (χ3v) is 4.04. The van der Waals surface area contributed by atoms with E-state index in [1.165, 1.54) is 0 Å². The molecule has 7 heteroatoms. The topological polar surface area (TPSA) is 84.2 Å². The largest absolute Gasteiger partial charge is 0.381 e. The van der Waals surface area contributed by atoms with E-state index in [4.69, 9.17) is 17.3 Å². The van der Waals surface area contributed by atoms with Crippen LogP contribution in [0.2, 0.25) is 5.02 Å². The minimum atomic E-state index is -3.28. The van der Waals surface area contributed by atoms with Gasteiger partial charge in [0, 0.05) is 12.1 Å². The van der Waals surface area contributed by atoms with Gasteiger partial charge >= 0.3 is 0 Å². The normalized spacial score (nSPS) is 23.3. The van der Waals surface area contributed by atoms with Gasteiger partial charge in [-0.2, -0.15) is 0 Å². The van der Waals surface area contributed by atoms with Gasteiger partial charge in [0.2, 0.25) is 10.0 Å². The first-order chi connectivity index (χ1) is 8.83. The summed E-state index contributed by atoms with van der Waals surface area (Å²) in [4.78, 5) is 0. The Bertz CT molecular complexity index is 562.